The lowest BCUT2D eigenvalue weighted by molar-refractivity contribution is -0.163. The highest BCUT2D eigenvalue weighted by Gasteiger charge is 2.51. The highest BCUT2D eigenvalue weighted by Crippen LogP contribution is 2.39. The molecule has 0 bridgehead atoms. The number of amides is 3. The van der Waals surface area contributed by atoms with Crippen LogP contribution in [0.3, 0.4) is 0 Å². The Bertz CT molecular complexity index is 834. The largest absolute Gasteiger partial charge is 0.451 e. The van der Waals surface area contributed by atoms with Gasteiger partial charge >= 0.3 is 5.97 Å². The topological polar surface area (TPSA) is 117 Å². The molecule has 0 spiro atoms. The van der Waals surface area contributed by atoms with Crippen molar-refractivity contribution in [2.75, 3.05) is 5.32 Å². The van der Waals surface area contributed by atoms with Crippen LogP contribution in [-0.4, -0.2) is 40.7 Å². The van der Waals surface area contributed by atoms with E-state index in [0.717, 1.165) is 17.7 Å². The normalized spacial score (nSPS) is 23.5. The third-order valence-corrected chi connectivity index (χ3v) is 6.12. The number of thiophene rings is 1. The summed E-state index contributed by atoms with van der Waals surface area (Å²) >= 11 is 1.18. The molecule has 2 fully saturated rings. The molecule has 0 aromatic carbocycles. The number of nitrogens with one attached hydrogen (secondary N) is 1. The summed E-state index contributed by atoms with van der Waals surface area (Å²) < 4.78 is 5.18. The lowest BCUT2D eigenvalue weighted by Gasteiger charge is -2.23. The van der Waals surface area contributed by atoms with Gasteiger partial charge in [-0.05, 0) is 38.1 Å². The molecule has 1 saturated heterocycles. The fourth-order valence-electron chi connectivity index (χ4n) is 3.71. The Balaban J connectivity index is 1.62. The Morgan fingerprint density at radius 2 is 1.86 bits per heavy atom. The van der Waals surface area contributed by atoms with Crippen molar-refractivity contribution in [2.45, 2.75) is 51.7 Å². The van der Waals surface area contributed by atoms with Gasteiger partial charge in [-0.3, -0.25) is 19.3 Å². The van der Waals surface area contributed by atoms with Gasteiger partial charge in [0.1, 0.15) is 17.1 Å². The molecule has 4 atom stereocenters. The number of anilines is 1. The van der Waals surface area contributed by atoms with Gasteiger partial charge in [0.25, 0.3) is 5.91 Å². The van der Waals surface area contributed by atoms with Crippen LogP contribution in [0, 0.1) is 23.2 Å². The molecule has 1 saturated carbocycles. The summed E-state index contributed by atoms with van der Waals surface area (Å²) in [6.07, 6.45) is 1.98. The van der Waals surface area contributed by atoms with E-state index in [0.29, 0.717) is 23.4 Å². The van der Waals surface area contributed by atoms with E-state index in [2.05, 4.69) is 5.32 Å². The zero-order valence-electron chi connectivity index (χ0n) is 15.6. The number of hydrogen-bond acceptors (Lipinski definition) is 7. The maximum absolute atomic E-state index is 12.6. The van der Waals surface area contributed by atoms with Crippen LogP contribution in [0.2, 0.25) is 0 Å². The smallest absolute Gasteiger partial charge is 0.329 e. The van der Waals surface area contributed by atoms with E-state index in [1.807, 2.05) is 6.07 Å². The molecule has 1 aliphatic carbocycles. The van der Waals surface area contributed by atoms with Crippen LogP contribution in [-0.2, 0) is 23.9 Å². The van der Waals surface area contributed by atoms with Crippen LogP contribution in [0.25, 0.3) is 0 Å². The molecule has 3 amide bonds. The SMILES string of the molecule is C[C@H](OC(=O)[C@H](C)N1C(=O)[C@H]2CCCC[C@@H]2C1=O)C(=O)Nc1sccc1C#N. The Labute approximate surface area is 166 Å². The van der Waals surface area contributed by atoms with E-state index in [-0.39, 0.29) is 23.7 Å². The van der Waals surface area contributed by atoms with Crippen LogP contribution in [0.5, 0.6) is 0 Å². The van der Waals surface area contributed by atoms with Gasteiger partial charge in [-0.1, -0.05) is 12.8 Å². The van der Waals surface area contributed by atoms with Crippen molar-refractivity contribution in [2.24, 2.45) is 11.8 Å². The molecule has 28 heavy (non-hydrogen) atoms. The summed E-state index contributed by atoms with van der Waals surface area (Å²) in [5.41, 5.74) is 0.320. The van der Waals surface area contributed by atoms with E-state index in [1.54, 1.807) is 11.4 Å². The molecule has 1 aromatic heterocycles. The Hall–Kier alpha value is -2.73. The van der Waals surface area contributed by atoms with E-state index >= 15 is 0 Å². The zero-order chi connectivity index (χ0) is 20.4. The van der Waals surface area contributed by atoms with E-state index < -0.39 is 24.0 Å². The number of carbonyl (C=O) groups excluding carboxylic acids is 4. The number of ether oxygens (including phenoxy) is 1. The number of rotatable bonds is 5. The first-order valence-electron chi connectivity index (χ1n) is 9.21. The average molecular weight is 403 g/mol. The maximum atomic E-state index is 12.6. The van der Waals surface area contributed by atoms with Crippen LogP contribution >= 0.6 is 11.3 Å². The minimum Gasteiger partial charge on any atom is -0.451 e. The molecule has 2 aliphatic rings. The molecule has 0 unspecified atom stereocenters. The number of esters is 1. The number of fused-ring (bicyclic) bond motifs is 1. The van der Waals surface area contributed by atoms with Gasteiger partial charge in [0.05, 0.1) is 17.4 Å². The summed E-state index contributed by atoms with van der Waals surface area (Å²) in [4.78, 5) is 50.9. The van der Waals surface area contributed by atoms with Crippen molar-refractivity contribution in [1.82, 2.24) is 4.90 Å². The second-order valence-corrected chi connectivity index (χ2v) is 7.98. The van der Waals surface area contributed by atoms with Gasteiger partial charge in [-0.25, -0.2) is 4.79 Å². The van der Waals surface area contributed by atoms with Gasteiger partial charge < -0.3 is 10.1 Å². The van der Waals surface area contributed by atoms with Crippen LogP contribution in [0.4, 0.5) is 5.00 Å². The first-order chi connectivity index (χ1) is 13.3. The molecule has 3 rings (SSSR count). The Morgan fingerprint density at radius 1 is 1.25 bits per heavy atom. The van der Waals surface area contributed by atoms with Crippen LogP contribution in [0.15, 0.2) is 11.4 Å². The van der Waals surface area contributed by atoms with Crippen molar-refractivity contribution in [1.29, 1.82) is 5.26 Å². The van der Waals surface area contributed by atoms with Crippen LogP contribution < -0.4 is 5.32 Å². The molecule has 2 heterocycles. The number of likely N-dealkylation sites (tertiary alicyclic amines) is 1. The predicted molar refractivity (Wildman–Crippen MR) is 100.0 cm³/mol. The Morgan fingerprint density at radius 3 is 2.43 bits per heavy atom. The van der Waals surface area contributed by atoms with Crippen molar-refractivity contribution in [3.63, 3.8) is 0 Å². The third kappa shape index (κ3) is 3.64. The molecule has 9 heteroatoms. The summed E-state index contributed by atoms with van der Waals surface area (Å²) in [5.74, 6) is -2.75. The summed E-state index contributed by atoms with van der Waals surface area (Å²) in [7, 11) is 0. The lowest BCUT2D eigenvalue weighted by Crippen LogP contribution is -2.46. The summed E-state index contributed by atoms with van der Waals surface area (Å²) in [6, 6.07) is 2.44. The molecular weight excluding hydrogens is 382 g/mol. The predicted octanol–water partition coefficient (Wildman–Crippen LogP) is 2.05. The van der Waals surface area contributed by atoms with E-state index in [4.69, 9.17) is 10.00 Å². The molecule has 1 aromatic rings. The van der Waals surface area contributed by atoms with Crippen molar-refractivity contribution >= 4 is 40.0 Å². The summed E-state index contributed by atoms with van der Waals surface area (Å²) in [6.45, 7) is 2.83. The lowest BCUT2D eigenvalue weighted by atomic mass is 9.81. The highest BCUT2D eigenvalue weighted by atomic mass is 32.1. The van der Waals surface area contributed by atoms with Gasteiger partial charge in [0, 0.05) is 0 Å². The monoisotopic (exact) mass is 403 g/mol. The minimum atomic E-state index is -1.14. The van der Waals surface area contributed by atoms with Gasteiger partial charge in [-0.2, -0.15) is 5.26 Å². The first kappa shape index (κ1) is 20.0. The highest BCUT2D eigenvalue weighted by molar-refractivity contribution is 7.14. The summed E-state index contributed by atoms with van der Waals surface area (Å²) in [5, 5.41) is 13.6. The first-order valence-corrected chi connectivity index (χ1v) is 10.1. The average Bonchev–Trinajstić information content (AvgIpc) is 3.23. The number of hydrogen-bond donors (Lipinski definition) is 1. The number of nitrogens with zero attached hydrogens (tertiary/aromatic N) is 2. The fourth-order valence-corrected chi connectivity index (χ4v) is 4.45. The number of carbonyl (C=O) groups is 4. The molecule has 1 N–H and O–H groups in total. The van der Waals surface area contributed by atoms with Crippen molar-refractivity contribution in [3.8, 4) is 6.07 Å². The van der Waals surface area contributed by atoms with E-state index in [1.165, 1.54) is 25.2 Å². The van der Waals surface area contributed by atoms with Crippen LogP contribution in [0.1, 0.15) is 45.1 Å². The Kier molecular flexibility index (Phi) is 5.79. The molecule has 0 radical (unpaired) electrons. The van der Waals surface area contributed by atoms with Gasteiger partial charge in [-0.15, -0.1) is 11.3 Å². The van der Waals surface area contributed by atoms with Crippen molar-refractivity contribution in [3.05, 3.63) is 17.0 Å². The molecule has 8 nitrogen and oxygen atoms in total. The van der Waals surface area contributed by atoms with E-state index in [9.17, 15) is 19.2 Å². The standard InChI is InChI=1S/C19H21N3O5S/c1-10(22-17(24)13-5-3-4-6-14(13)18(22)25)19(26)27-11(2)15(23)21-16-12(9-20)7-8-28-16/h7-8,10-11,13-14H,3-6H2,1-2H3,(H,21,23)/t10-,11-,13-,14-/m0/s1. The third-order valence-electron chi connectivity index (χ3n) is 5.29. The minimum absolute atomic E-state index is 0.320. The zero-order valence-corrected chi connectivity index (χ0v) is 16.5. The fraction of sp³-hybridized carbons (Fsp3) is 0.526. The second kappa shape index (κ2) is 8.10. The van der Waals surface area contributed by atoms with Crippen molar-refractivity contribution < 1.29 is 23.9 Å². The van der Waals surface area contributed by atoms with Gasteiger partial charge in [0.2, 0.25) is 11.8 Å². The number of imide groups is 1. The maximum Gasteiger partial charge on any atom is 0.329 e. The molecule has 1 aliphatic heterocycles. The second-order valence-electron chi connectivity index (χ2n) is 7.06. The molecular formula is C19H21N3O5S. The molecule has 148 valence electrons. The van der Waals surface area contributed by atoms with Gasteiger partial charge in [0.15, 0.2) is 6.10 Å². The quantitative estimate of drug-likeness (QED) is 0.594. The number of nitriles is 1.